The van der Waals surface area contributed by atoms with Gasteiger partial charge < -0.3 is 8.83 Å². The number of hydrogen-bond acceptors (Lipinski definition) is 3. The molecule has 3 aromatic carbocycles. The highest BCUT2D eigenvalue weighted by Gasteiger charge is 2.22. The summed E-state index contributed by atoms with van der Waals surface area (Å²) >= 11 is 0. The topological polar surface area (TPSA) is 39.2 Å². The van der Waals surface area contributed by atoms with Gasteiger partial charge in [0.1, 0.15) is 22.6 Å². The third-order valence-corrected chi connectivity index (χ3v) is 7.06. The Kier molecular flexibility index (Phi) is 4.83. The van der Waals surface area contributed by atoms with Crippen LogP contribution < -0.4 is 0 Å². The molecule has 0 amide bonds. The molecule has 0 N–H and O–H groups in total. The number of aromatic nitrogens is 1. The highest BCUT2D eigenvalue weighted by Crippen LogP contribution is 2.40. The third-order valence-electron chi connectivity index (χ3n) is 7.06. The van der Waals surface area contributed by atoms with E-state index in [1.54, 1.807) is 0 Å². The van der Waals surface area contributed by atoms with Gasteiger partial charge in [-0.05, 0) is 71.3 Å². The molecule has 0 atom stereocenters. The quantitative estimate of drug-likeness (QED) is 0.263. The van der Waals surface area contributed by atoms with Gasteiger partial charge in [0.25, 0.3) is 0 Å². The Morgan fingerprint density at radius 2 is 1.57 bits per heavy atom. The van der Waals surface area contributed by atoms with Crippen molar-refractivity contribution in [3.05, 3.63) is 77.7 Å². The van der Waals surface area contributed by atoms with E-state index in [1.165, 1.54) is 21.9 Å². The molecule has 3 nitrogen and oxygen atoms in total. The zero-order valence-electron chi connectivity index (χ0n) is 21.3. The number of benzene rings is 3. The van der Waals surface area contributed by atoms with E-state index < -0.39 is 0 Å². The second kappa shape index (κ2) is 7.71. The summed E-state index contributed by atoms with van der Waals surface area (Å²) in [6, 6.07) is 19.5. The van der Waals surface area contributed by atoms with Gasteiger partial charge in [0.15, 0.2) is 5.58 Å². The van der Waals surface area contributed by atoms with Crippen molar-refractivity contribution in [3.8, 4) is 11.3 Å². The van der Waals surface area contributed by atoms with Crippen molar-refractivity contribution in [1.29, 1.82) is 0 Å². The van der Waals surface area contributed by atoms with Crippen LogP contribution in [0.2, 0.25) is 0 Å². The van der Waals surface area contributed by atoms with Crippen LogP contribution in [0.3, 0.4) is 0 Å². The Hall–Kier alpha value is -3.59. The fourth-order valence-electron chi connectivity index (χ4n) is 5.40. The lowest BCUT2D eigenvalue weighted by molar-refractivity contribution is 0.560. The Morgan fingerprint density at radius 1 is 0.829 bits per heavy atom. The van der Waals surface area contributed by atoms with Gasteiger partial charge in [0, 0.05) is 33.5 Å². The first kappa shape index (κ1) is 21.9. The Bertz CT molecular complexity index is 1740. The first-order valence-corrected chi connectivity index (χ1v) is 12.5. The summed E-state index contributed by atoms with van der Waals surface area (Å²) in [6.45, 7) is 13.3. The third kappa shape index (κ3) is 3.53. The van der Waals surface area contributed by atoms with Crippen LogP contribution in [0.4, 0.5) is 0 Å². The summed E-state index contributed by atoms with van der Waals surface area (Å²) in [7, 11) is 0. The van der Waals surface area contributed by atoms with E-state index in [0.29, 0.717) is 5.92 Å². The molecule has 0 saturated carbocycles. The molecular weight excluding hydrogens is 430 g/mol. The van der Waals surface area contributed by atoms with Gasteiger partial charge in [-0.3, -0.25) is 4.98 Å². The molecule has 0 saturated heterocycles. The molecule has 3 heteroatoms. The smallest absolute Gasteiger partial charge is 0.161 e. The van der Waals surface area contributed by atoms with E-state index in [1.807, 2.05) is 12.3 Å². The lowest BCUT2D eigenvalue weighted by Gasteiger charge is -2.22. The second-order valence-electron chi connectivity index (χ2n) is 11.2. The number of nitrogens with zero attached hydrogens (tertiary/aromatic N) is 1. The molecule has 0 aliphatic rings. The highest BCUT2D eigenvalue weighted by molar-refractivity contribution is 6.12. The van der Waals surface area contributed by atoms with Crippen LogP contribution in [0.5, 0.6) is 0 Å². The van der Waals surface area contributed by atoms with Crippen LogP contribution in [0, 0.1) is 12.8 Å². The van der Waals surface area contributed by atoms with Crippen molar-refractivity contribution < 1.29 is 8.83 Å². The lowest BCUT2D eigenvalue weighted by Crippen LogP contribution is -2.12. The minimum absolute atomic E-state index is 0.00649. The fourth-order valence-corrected chi connectivity index (χ4v) is 5.40. The highest BCUT2D eigenvalue weighted by atomic mass is 16.3. The van der Waals surface area contributed by atoms with Crippen LogP contribution in [0.15, 0.2) is 69.6 Å². The average Bonchev–Trinajstić information content (AvgIpc) is 3.32. The van der Waals surface area contributed by atoms with Gasteiger partial charge in [0.05, 0.1) is 0 Å². The summed E-state index contributed by atoms with van der Waals surface area (Å²) in [4.78, 5) is 4.81. The average molecular weight is 462 g/mol. The van der Waals surface area contributed by atoms with Crippen molar-refractivity contribution in [2.24, 2.45) is 5.92 Å². The monoisotopic (exact) mass is 461 g/mol. The Balaban J connectivity index is 1.62. The summed E-state index contributed by atoms with van der Waals surface area (Å²) in [5.74, 6) is 1.56. The molecule has 3 aromatic heterocycles. The van der Waals surface area contributed by atoms with Crippen LogP contribution >= 0.6 is 0 Å². The zero-order valence-corrected chi connectivity index (χ0v) is 21.3. The van der Waals surface area contributed by atoms with Crippen LogP contribution in [0.25, 0.3) is 54.9 Å². The molecule has 0 unspecified atom stereocenters. The predicted molar refractivity (Wildman–Crippen MR) is 146 cm³/mol. The number of furan rings is 2. The minimum Gasteiger partial charge on any atom is -0.461 e. The van der Waals surface area contributed by atoms with Gasteiger partial charge in [-0.25, -0.2) is 0 Å². The molecular formula is C32H31NO2. The number of aryl methyl sites for hydroxylation is 1. The molecule has 6 aromatic rings. The zero-order chi connectivity index (χ0) is 24.5. The number of fused-ring (bicyclic) bond motifs is 5. The molecule has 0 spiro atoms. The van der Waals surface area contributed by atoms with E-state index in [4.69, 9.17) is 13.8 Å². The van der Waals surface area contributed by atoms with Crippen molar-refractivity contribution in [3.63, 3.8) is 0 Å². The Morgan fingerprint density at radius 3 is 2.34 bits per heavy atom. The maximum Gasteiger partial charge on any atom is 0.161 e. The molecule has 0 bridgehead atoms. The molecule has 176 valence electrons. The normalized spacial score (nSPS) is 12.7. The lowest BCUT2D eigenvalue weighted by atomic mass is 9.82. The SMILES string of the molecule is Cc1oc2cc3c(cc2c1CC(C)C)oc1c(-c2cc(C(C)(C)C)c4ccccc4c2)nccc13. The van der Waals surface area contributed by atoms with Crippen molar-refractivity contribution in [2.75, 3.05) is 0 Å². The Labute approximate surface area is 205 Å². The van der Waals surface area contributed by atoms with Gasteiger partial charge in [-0.1, -0.05) is 58.9 Å². The molecule has 6 rings (SSSR count). The molecule has 0 aliphatic carbocycles. The standard InChI is InChI=1S/C32H31NO2/c1-18(2)13-24-19(3)34-28-16-25-23-11-12-33-30(31(23)35-29(25)17-26(24)28)21-14-20-9-7-8-10-22(20)27(15-21)32(4,5)6/h7-12,14-18H,13H2,1-6H3. The fraction of sp³-hybridized carbons (Fsp3) is 0.281. The van der Waals surface area contributed by atoms with Crippen LogP contribution in [-0.2, 0) is 11.8 Å². The molecule has 0 radical (unpaired) electrons. The summed E-state index contributed by atoms with van der Waals surface area (Å²) < 4.78 is 12.7. The second-order valence-corrected chi connectivity index (χ2v) is 11.2. The molecule has 0 aliphatic heterocycles. The van der Waals surface area contributed by atoms with Gasteiger partial charge >= 0.3 is 0 Å². The summed E-state index contributed by atoms with van der Waals surface area (Å²) in [6.07, 6.45) is 2.88. The van der Waals surface area contributed by atoms with E-state index in [9.17, 15) is 0 Å². The maximum atomic E-state index is 6.55. The molecule has 3 heterocycles. The van der Waals surface area contributed by atoms with Gasteiger partial charge in [-0.15, -0.1) is 0 Å². The van der Waals surface area contributed by atoms with Crippen molar-refractivity contribution in [2.45, 2.75) is 53.4 Å². The van der Waals surface area contributed by atoms with E-state index in [2.05, 4.69) is 90.1 Å². The van der Waals surface area contributed by atoms with Crippen molar-refractivity contribution >= 4 is 43.7 Å². The van der Waals surface area contributed by atoms with Gasteiger partial charge in [0.2, 0.25) is 0 Å². The number of hydrogen-bond donors (Lipinski definition) is 0. The van der Waals surface area contributed by atoms with E-state index in [-0.39, 0.29) is 5.41 Å². The van der Waals surface area contributed by atoms with Gasteiger partial charge in [-0.2, -0.15) is 0 Å². The first-order valence-electron chi connectivity index (χ1n) is 12.5. The molecule has 35 heavy (non-hydrogen) atoms. The largest absolute Gasteiger partial charge is 0.461 e. The van der Waals surface area contributed by atoms with Crippen LogP contribution in [0.1, 0.15) is 51.5 Å². The minimum atomic E-state index is 0.00649. The molecule has 0 fully saturated rings. The van der Waals surface area contributed by atoms with Crippen molar-refractivity contribution in [1.82, 2.24) is 4.98 Å². The number of rotatable bonds is 3. The predicted octanol–water partition coefficient (Wildman–Crippen LogP) is 9.35. The maximum absolute atomic E-state index is 6.55. The number of pyridine rings is 1. The van der Waals surface area contributed by atoms with E-state index >= 15 is 0 Å². The van der Waals surface area contributed by atoms with Crippen LogP contribution in [-0.4, -0.2) is 4.98 Å². The van der Waals surface area contributed by atoms with E-state index in [0.717, 1.165) is 56.3 Å². The first-order chi connectivity index (χ1) is 16.7. The summed E-state index contributed by atoms with van der Waals surface area (Å²) in [5.41, 5.74) is 7.19. The summed E-state index contributed by atoms with van der Waals surface area (Å²) in [5, 5.41) is 5.79.